The molecule has 6 nitrogen and oxygen atoms in total. The molecule has 0 radical (unpaired) electrons. The molecule has 0 bridgehead atoms. The van der Waals surface area contributed by atoms with E-state index in [0.29, 0.717) is 6.54 Å². The zero-order chi connectivity index (χ0) is 14.3. The Labute approximate surface area is 116 Å². The third-order valence-electron chi connectivity index (χ3n) is 3.18. The lowest BCUT2D eigenvalue weighted by molar-refractivity contribution is 0.0248. The molecule has 112 valence electrons. The van der Waals surface area contributed by atoms with Crippen LogP contribution in [0.4, 0.5) is 0 Å². The van der Waals surface area contributed by atoms with Gasteiger partial charge in [-0.15, -0.1) is 0 Å². The Morgan fingerprint density at radius 3 is 2.42 bits per heavy atom. The molecule has 0 aliphatic carbocycles. The van der Waals surface area contributed by atoms with Gasteiger partial charge >= 0.3 is 0 Å². The van der Waals surface area contributed by atoms with Crippen molar-refractivity contribution in [2.24, 2.45) is 10.8 Å². The number of hydrazine groups is 1. The highest BCUT2D eigenvalue weighted by Gasteiger charge is 2.23. The van der Waals surface area contributed by atoms with Crippen molar-refractivity contribution < 1.29 is 5.11 Å². The van der Waals surface area contributed by atoms with Crippen LogP contribution in [0.5, 0.6) is 0 Å². The fourth-order valence-electron chi connectivity index (χ4n) is 2.25. The van der Waals surface area contributed by atoms with Crippen LogP contribution in [0.2, 0.25) is 0 Å². The lowest BCUT2D eigenvalue weighted by Crippen LogP contribution is -2.55. The molecular formula is C13H29N5O. The molecule has 0 spiro atoms. The van der Waals surface area contributed by atoms with Crippen LogP contribution in [-0.2, 0) is 0 Å². The fraction of sp³-hybridized carbons (Fsp3) is 0.923. The predicted molar refractivity (Wildman–Crippen MR) is 78.8 cm³/mol. The van der Waals surface area contributed by atoms with Crippen LogP contribution >= 0.6 is 0 Å². The molecule has 19 heavy (non-hydrogen) atoms. The molecular weight excluding hydrogens is 242 g/mol. The van der Waals surface area contributed by atoms with Crippen LogP contribution in [0.15, 0.2) is 4.99 Å². The normalized spacial score (nSPS) is 18.8. The molecule has 1 aliphatic heterocycles. The van der Waals surface area contributed by atoms with Crippen LogP contribution < -0.4 is 11.3 Å². The van der Waals surface area contributed by atoms with Crippen LogP contribution in [0.1, 0.15) is 33.6 Å². The molecule has 0 saturated carbocycles. The van der Waals surface area contributed by atoms with Gasteiger partial charge in [0.05, 0.1) is 5.60 Å². The molecule has 0 aromatic rings. The molecule has 0 unspecified atom stereocenters. The summed E-state index contributed by atoms with van der Waals surface area (Å²) in [6.45, 7) is 11.0. The predicted octanol–water partition coefficient (Wildman–Crippen LogP) is -0.00570. The molecule has 0 amide bonds. The number of hydrogen-bond acceptors (Lipinski definition) is 4. The van der Waals surface area contributed by atoms with Crippen molar-refractivity contribution in [1.82, 2.24) is 15.2 Å². The number of aliphatic imine (C=N–C) groups is 1. The maximum absolute atomic E-state index is 9.82. The van der Waals surface area contributed by atoms with Crippen molar-refractivity contribution in [3.05, 3.63) is 0 Å². The van der Waals surface area contributed by atoms with Gasteiger partial charge in [-0.05, 0) is 20.3 Å². The number of nitrogens with two attached hydrogens (primary N) is 1. The SMILES string of the molecule is CCCCN=C(NN)N1CCN(CC(C)(C)O)CC1. The Balaban J connectivity index is 2.41. The topological polar surface area (TPSA) is 77.1 Å². The van der Waals surface area contributed by atoms with Crippen molar-refractivity contribution >= 4 is 5.96 Å². The number of hydrogen-bond donors (Lipinski definition) is 3. The van der Waals surface area contributed by atoms with Crippen LogP contribution in [0.25, 0.3) is 0 Å². The quantitative estimate of drug-likeness (QED) is 0.216. The average molecular weight is 271 g/mol. The highest BCUT2D eigenvalue weighted by atomic mass is 16.3. The van der Waals surface area contributed by atoms with E-state index in [2.05, 4.69) is 27.1 Å². The molecule has 1 fully saturated rings. The van der Waals surface area contributed by atoms with Gasteiger partial charge in [0.15, 0.2) is 0 Å². The van der Waals surface area contributed by atoms with Gasteiger partial charge < -0.3 is 10.0 Å². The Morgan fingerprint density at radius 1 is 1.32 bits per heavy atom. The fourth-order valence-corrected chi connectivity index (χ4v) is 2.25. The summed E-state index contributed by atoms with van der Waals surface area (Å²) >= 11 is 0. The summed E-state index contributed by atoms with van der Waals surface area (Å²) < 4.78 is 0. The van der Waals surface area contributed by atoms with Gasteiger partial charge in [-0.2, -0.15) is 0 Å². The number of piperazine rings is 1. The standard InChI is InChI=1S/C13H29N5O/c1-4-5-6-15-12(16-14)18-9-7-17(8-10-18)11-13(2,3)19/h19H,4-11,14H2,1-3H3,(H,15,16). The minimum Gasteiger partial charge on any atom is -0.389 e. The smallest absolute Gasteiger partial charge is 0.208 e. The van der Waals surface area contributed by atoms with Crippen LogP contribution in [-0.4, -0.2) is 65.7 Å². The molecule has 0 aromatic heterocycles. The summed E-state index contributed by atoms with van der Waals surface area (Å²) in [4.78, 5) is 8.95. The van der Waals surface area contributed by atoms with E-state index in [1.807, 2.05) is 13.8 Å². The first-order chi connectivity index (χ1) is 8.96. The summed E-state index contributed by atoms with van der Waals surface area (Å²) in [6, 6.07) is 0. The second-order valence-corrected chi connectivity index (χ2v) is 5.78. The number of rotatable bonds is 5. The van der Waals surface area contributed by atoms with Crippen molar-refractivity contribution in [3.8, 4) is 0 Å². The number of unbranched alkanes of at least 4 members (excludes halogenated alkanes) is 1. The molecule has 1 heterocycles. The van der Waals surface area contributed by atoms with Crippen molar-refractivity contribution in [2.75, 3.05) is 39.3 Å². The van der Waals surface area contributed by atoms with Gasteiger partial charge in [0, 0.05) is 39.3 Å². The first-order valence-corrected chi connectivity index (χ1v) is 7.17. The summed E-state index contributed by atoms with van der Waals surface area (Å²) in [7, 11) is 0. The van der Waals surface area contributed by atoms with Crippen molar-refractivity contribution in [3.63, 3.8) is 0 Å². The highest BCUT2D eigenvalue weighted by molar-refractivity contribution is 5.79. The van der Waals surface area contributed by atoms with E-state index in [1.54, 1.807) is 0 Å². The lowest BCUT2D eigenvalue weighted by atomic mass is 10.1. The molecule has 0 atom stereocenters. The van der Waals surface area contributed by atoms with Gasteiger partial charge in [0.2, 0.25) is 5.96 Å². The molecule has 1 aliphatic rings. The van der Waals surface area contributed by atoms with E-state index >= 15 is 0 Å². The van der Waals surface area contributed by atoms with Gasteiger partial charge in [-0.3, -0.25) is 15.3 Å². The number of β-amino-alcohol motifs (C(OH)–C–C–N with tert-alkyl or cyclic N) is 1. The van der Waals surface area contributed by atoms with Crippen molar-refractivity contribution in [1.29, 1.82) is 0 Å². The Hall–Kier alpha value is -0.850. The minimum absolute atomic E-state index is 0.633. The Morgan fingerprint density at radius 2 is 1.95 bits per heavy atom. The lowest BCUT2D eigenvalue weighted by Gasteiger charge is -2.38. The number of aliphatic hydroxyl groups is 1. The zero-order valence-corrected chi connectivity index (χ0v) is 12.5. The van der Waals surface area contributed by atoms with Crippen LogP contribution in [0, 0.1) is 0 Å². The van der Waals surface area contributed by atoms with E-state index in [4.69, 9.17) is 5.84 Å². The summed E-state index contributed by atoms with van der Waals surface area (Å²) in [5.74, 6) is 6.33. The zero-order valence-electron chi connectivity index (χ0n) is 12.5. The van der Waals surface area contributed by atoms with Gasteiger partial charge in [-0.25, -0.2) is 5.84 Å². The van der Waals surface area contributed by atoms with E-state index < -0.39 is 5.60 Å². The third kappa shape index (κ3) is 6.22. The maximum Gasteiger partial charge on any atom is 0.208 e. The van der Waals surface area contributed by atoms with Gasteiger partial charge in [-0.1, -0.05) is 13.3 Å². The molecule has 1 rings (SSSR count). The number of nitrogens with zero attached hydrogens (tertiary/aromatic N) is 3. The maximum atomic E-state index is 9.82. The highest BCUT2D eigenvalue weighted by Crippen LogP contribution is 2.08. The number of guanidine groups is 1. The Kier molecular flexibility index (Phi) is 6.54. The first kappa shape index (κ1) is 16.2. The van der Waals surface area contributed by atoms with E-state index in [-0.39, 0.29) is 0 Å². The minimum atomic E-state index is -0.633. The summed E-state index contributed by atoms with van der Waals surface area (Å²) in [6.07, 6.45) is 2.23. The number of nitrogens with one attached hydrogen (secondary N) is 1. The summed E-state index contributed by atoms with van der Waals surface area (Å²) in [5.41, 5.74) is 2.07. The molecule has 0 aromatic carbocycles. The molecule has 1 saturated heterocycles. The Bertz CT molecular complexity index is 279. The second kappa shape index (κ2) is 7.67. The van der Waals surface area contributed by atoms with Gasteiger partial charge in [0.25, 0.3) is 0 Å². The molecule has 4 N–H and O–H groups in total. The molecule has 6 heteroatoms. The van der Waals surface area contributed by atoms with Crippen LogP contribution in [0.3, 0.4) is 0 Å². The summed E-state index contributed by atoms with van der Waals surface area (Å²) in [5, 5.41) is 9.82. The van der Waals surface area contributed by atoms with Gasteiger partial charge in [0.1, 0.15) is 0 Å². The van der Waals surface area contributed by atoms with E-state index in [1.165, 1.54) is 0 Å². The first-order valence-electron chi connectivity index (χ1n) is 7.17. The largest absolute Gasteiger partial charge is 0.389 e. The van der Waals surface area contributed by atoms with E-state index in [0.717, 1.165) is 51.5 Å². The van der Waals surface area contributed by atoms with Crippen molar-refractivity contribution in [2.45, 2.75) is 39.2 Å². The monoisotopic (exact) mass is 271 g/mol. The average Bonchev–Trinajstić information content (AvgIpc) is 2.34. The third-order valence-corrected chi connectivity index (χ3v) is 3.18. The van der Waals surface area contributed by atoms with E-state index in [9.17, 15) is 5.11 Å². The second-order valence-electron chi connectivity index (χ2n) is 5.78.